The first-order valence-electron chi connectivity index (χ1n) is 8.64. The highest BCUT2D eigenvalue weighted by molar-refractivity contribution is 8.00. The third kappa shape index (κ3) is 5.34. The van der Waals surface area contributed by atoms with E-state index >= 15 is 0 Å². The zero-order valence-electron chi connectivity index (χ0n) is 15.1. The summed E-state index contributed by atoms with van der Waals surface area (Å²) in [5.41, 5.74) is 2.05. The van der Waals surface area contributed by atoms with Crippen molar-refractivity contribution >= 4 is 29.3 Å². The molecule has 1 atom stereocenters. The highest BCUT2D eigenvalue weighted by Crippen LogP contribution is 2.27. The standard InChI is InChI=1S/C20H20ClN3O2S/c1-3-17(27-16-10-8-15(21)9-11-16)20(25)22-12-18-23-19(24-26-18)14-6-4-13(2)5-7-14/h4-11,17H,3,12H2,1-2H3,(H,22,25). The molecule has 0 aliphatic carbocycles. The second-order valence-corrected chi connectivity index (χ2v) is 7.78. The van der Waals surface area contributed by atoms with E-state index in [1.807, 2.05) is 62.4 Å². The SMILES string of the molecule is CCC(Sc1ccc(Cl)cc1)C(=O)NCc1nc(-c2ccc(C)cc2)no1. The summed E-state index contributed by atoms with van der Waals surface area (Å²) >= 11 is 7.41. The summed E-state index contributed by atoms with van der Waals surface area (Å²) in [6.45, 7) is 4.21. The van der Waals surface area contributed by atoms with Crippen molar-refractivity contribution in [3.8, 4) is 11.4 Å². The Morgan fingerprint density at radius 1 is 1.19 bits per heavy atom. The van der Waals surface area contributed by atoms with Gasteiger partial charge in [0, 0.05) is 15.5 Å². The predicted molar refractivity (Wildman–Crippen MR) is 108 cm³/mol. The lowest BCUT2D eigenvalue weighted by molar-refractivity contribution is -0.120. The molecule has 7 heteroatoms. The van der Waals surface area contributed by atoms with Crippen molar-refractivity contribution in [2.45, 2.75) is 37.0 Å². The molecule has 140 valence electrons. The van der Waals surface area contributed by atoms with Crippen LogP contribution in [0.3, 0.4) is 0 Å². The molecule has 0 saturated heterocycles. The van der Waals surface area contributed by atoms with Crippen LogP contribution in [-0.4, -0.2) is 21.3 Å². The summed E-state index contributed by atoms with van der Waals surface area (Å²) in [6, 6.07) is 15.3. The maximum Gasteiger partial charge on any atom is 0.246 e. The number of nitrogens with one attached hydrogen (secondary N) is 1. The van der Waals surface area contributed by atoms with Crippen LogP contribution in [0, 0.1) is 6.92 Å². The van der Waals surface area contributed by atoms with Crippen LogP contribution >= 0.6 is 23.4 Å². The molecule has 0 bridgehead atoms. The molecule has 1 aromatic heterocycles. The van der Waals surface area contributed by atoms with E-state index in [1.54, 1.807) is 0 Å². The number of amides is 1. The number of halogens is 1. The van der Waals surface area contributed by atoms with Crippen molar-refractivity contribution in [3.05, 3.63) is 65.0 Å². The van der Waals surface area contributed by atoms with E-state index in [1.165, 1.54) is 17.3 Å². The molecule has 0 fully saturated rings. The summed E-state index contributed by atoms with van der Waals surface area (Å²) in [6.07, 6.45) is 0.706. The van der Waals surface area contributed by atoms with Crippen LogP contribution in [0.1, 0.15) is 24.8 Å². The fourth-order valence-electron chi connectivity index (χ4n) is 2.42. The second-order valence-electron chi connectivity index (χ2n) is 6.06. The van der Waals surface area contributed by atoms with Gasteiger partial charge in [-0.2, -0.15) is 4.98 Å². The Hall–Kier alpha value is -2.31. The summed E-state index contributed by atoms with van der Waals surface area (Å²) in [4.78, 5) is 17.8. The van der Waals surface area contributed by atoms with Gasteiger partial charge in [0.15, 0.2) is 0 Å². The topological polar surface area (TPSA) is 68.0 Å². The molecule has 5 nitrogen and oxygen atoms in total. The first-order valence-corrected chi connectivity index (χ1v) is 9.90. The maximum absolute atomic E-state index is 12.5. The van der Waals surface area contributed by atoms with Crippen LogP contribution in [0.5, 0.6) is 0 Å². The van der Waals surface area contributed by atoms with Crippen LogP contribution in [0.25, 0.3) is 11.4 Å². The van der Waals surface area contributed by atoms with Crippen molar-refractivity contribution in [1.29, 1.82) is 0 Å². The molecule has 2 aromatic carbocycles. The van der Waals surface area contributed by atoms with Gasteiger partial charge in [-0.05, 0) is 37.6 Å². The summed E-state index contributed by atoms with van der Waals surface area (Å²) in [5, 5.41) is 7.33. The Bertz CT molecular complexity index is 894. The van der Waals surface area contributed by atoms with Crippen molar-refractivity contribution < 1.29 is 9.32 Å². The van der Waals surface area contributed by atoms with Crippen molar-refractivity contribution in [2.75, 3.05) is 0 Å². The van der Waals surface area contributed by atoms with E-state index < -0.39 is 0 Å². The smallest absolute Gasteiger partial charge is 0.246 e. The van der Waals surface area contributed by atoms with Gasteiger partial charge in [-0.15, -0.1) is 11.8 Å². The first kappa shape index (κ1) is 19.5. The molecule has 0 radical (unpaired) electrons. The highest BCUT2D eigenvalue weighted by atomic mass is 35.5. The van der Waals surface area contributed by atoms with Gasteiger partial charge in [0.2, 0.25) is 17.6 Å². The lowest BCUT2D eigenvalue weighted by Crippen LogP contribution is -2.31. The van der Waals surface area contributed by atoms with E-state index in [2.05, 4.69) is 15.5 Å². The normalized spacial score (nSPS) is 12.0. The molecule has 3 rings (SSSR count). The van der Waals surface area contributed by atoms with Gasteiger partial charge in [-0.25, -0.2) is 0 Å². The number of rotatable bonds is 7. The summed E-state index contributed by atoms with van der Waals surface area (Å²) in [7, 11) is 0. The fourth-order valence-corrected chi connectivity index (χ4v) is 3.53. The third-order valence-electron chi connectivity index (χ3n) is 3.95. The van der Waals surface area contributed by atoms with Crippen LogP contribution in [-0.2, 0) is 11.3 Å². The number of carbonyl (C=O) groups is 1. The van der Waals surface area contributed by atoms with Crippen LogP contribution < -0.4 is 5.32 Å². The molecule has 3 aromatic rings. The summed E-state index contributed by atoms with van der Waals surface area (Å²) in [5.74, 6) is 0.833. The molecule has 27 heavy (non-hydrogen) atoms. The van der Waals surface area contributed by atoms with Crippen LogP contribution in [0.15, 0.2) is 57.9 Å². The molecule has 1 amide bonds. The maximum atomic E-state index is 12.5. The highest BCUT2D eigenvalue weighted by Gasteiger charge is 2.19. The molecular formula is C20H20ClN3O2S. The van der Waals surface area contributed by atoms with Gasteiger partial charge in [0.1, 0.15) is 0 Å². The fraction of sp³-hybridized carbons (Fsp3) is 0.250. The Morgan fingerprint density at radius 3 is 2.56 bits per heavy atom. The molecule has 1 heterocycles. The van der Waals surface area contributed by atoms with Gasteiger partial charge >= 0.3 is 0 Å². The van der Waals surface area contributed by atoms with E-state index in [-0.39, 0.29) is 17.7 Å². The van der Waals surface area contributed by atoms with Crippen LogP contribution in [0.2, 0.25) is 5.02 Å². The molecule has 0 spiro atoms. The monoisotopic (exact) mass is 401 g/mol. The van der Waals surface area contributed by atoms with Gasteiger partial charge in [-0.3, -0.25) is 4.79 Å². The Kier molecular flexibility index (Phi) is 6.53. The van der Waals surface area contributed by atoms with E-state index in [0.29, 0.717) is 23.2 Å². The number of carbonyl (C=O) groups excluding carboxylic acids is 1. The summed E-state index contributed by atoms with van der Waals surface area (Å²) < 4.78 is 5.25. The average Bonchev–Trinajstić information content (AvgIpc) is 3.15. The molecule has 1 N–H and O–H groups in total. The number of benzene rings is 2. The van der Waals surface area contributed by atoms with Gasteiger partial charge in [0.25, 0.3) is 0 Å². The minimum atomic E-state index is -0.203. The van der Waals surface area contributed by atoms with Gasteiger partial charge < -0.3 is 9.84 Å². The van der Waals surface area contributed by atoms with Gasteiger partial charge in [-0.1, -0.05) is 53.5 Å². The number of nitrogens with zero attached hydrogens (tertiary/aromatic N) is 2. The lowest BCUT2D eigenvalue weighted by atomic mass is 10.1. The minimum Gasteiger partial charge on any atom is -0.346 e. The number of hydrogen-bond donors (Lipinski definition) is 1. The second kappa shape index (κ2) is 9.06. The number of hydrogen-bond acceptors (Lipinski definition) is 5. The van der Waals surface area contributed by atoms with E-state index in [4.69, 9.17) is 16.1 Å². The zero-order valence-corrected chi connectivity index (χ0v) is 16.7. The Morgan fingerprint density at radius 2 is 1.89 bits per heavy atom. The number of thioether (sulfide) groups is 1. The van der Waals surface area contributed by atoms with E-state index in [0.717, 1.165) is 10.5 Å². The Balaban J connectivity index is 1.57. The Labute approximate surface area is 167 Å². The lowest BCUT2D eigenvalue weighted by Gasteiger charge is -2.13. The third-order valence-corrected chi connectivity index (χ3v) is 5.58. The molecule has 0 aliphatic rings. The van der Waals surface area contributed by atoms with Crippen LogP contribution in [0.4, 0.5) is 0 Å². The molecule has 0 saturated carbocycles. The van der Waals surface area contributed by atoms with Crippen molar-refractivity contribution in [3.63, 3.8) is 0 Å². The molecule has 1 unspecified atom stereocenters. The number of aromatic nitrogens is 2. The molecule has 0 aliphatic heterocycles. The quantitative estimate of drug-likeness (QED) is 0.571. The predicted octanol–water partition coefficient (Wildman–Crippen LogP) is 4.89. The van der Waals surface area contributed by atoms with Crippen molar-refractivity contribution in [2.24, 2.45) is 0 Å². The number of aryl methyl sites for hydroxylation is 1. The largest absolute Gasteiger partial charge is 0.346 e. The average molecular weight is 402 g/mol. The van der Waals surface area contributed by atoms with Crippen molar-refractivity contribution in [1.82, 2.24) is 15.5 Å². The molecular weight excluding hydrogens is 382 g/mol. The van der Waals surface area contributed by atoms with Gasteiger partial charge in [0.05, 0.1) is 11.8 Å². The zero-order chi connectivity index (χ0) is 19.2. The minimum absolute atomic E-state index is 0.0625. The first-order chi connectivity index (χ1) is 13.0. The van der Waals surface area contributed by atoms with E-state index in [9.17, 15) is 4.79 Å².